The van der Waals surface area contributed by atoms with Crippen LogP contribution in [0.4, 0.5) is 0 Å². The number of rotatable bonds is 3. The number of carboxylic acid groups (broad SMARTS) is 1. The minimum Gasteiger partial charge on any atom is -0.504 e. The van der Waals surface area contributed by atoms with Gasteiger partial charge in [-0.15, -0.1) is 0 Å². The van der Waals surface area contributed by atoms with Crippen molar-refractivity contribution in [2.24, 2.45) is 0 Å². The number of carbonyl (C=O) groups is 1. The molecule has 0 atom stereocenters. The molecule has 0 unspecified atom stereocenters. The van der Waals surface area contributed by atoms with Gasteiger partial charge in [0.25, 0.3) is 5.56 Å². The first-order valence-corrected chi connectivity index (χ1v) is 7.31. The van der Waals surface area contributed by atoms with Gasteiger partial charge in [0, 0.05) is 10.4 Å². The van der Waals surface area contributed by atoms with E-state index in [2.05, 4.69) is 4.98 Å². The number of H-pyrrole nitrogens is 1. The van der Waals surface area contributed by atoms with Crippen molar-refractivity contribution in [3.63, 3.8) is 0 Å². The summed E-state index contributed by atoms with van der Waals surface area (Å²) < 4.78 is 5.42. The fourth-order valence-electron chi connectivity index (χ4n) is 2.29. The van der Waals surface area contributed by atoms with E-state index >= 15 is 0 Å². The van der Waals surface area contributed by atoms with Crippen LogP contribution in [0.2, 0.25) is 5.02 Å². The van der Waals surface area contributed by atoms with E-state index in [1.807, 2.05) is 0 Å². The first-order chi connectivity index (χ1) is 11.4. The summed E-state index contributed by atoms with van der Waals surface area (Å²) in [5, 5.41) is 20.2. The van der Waals surface area contributed by atoms with Crippen LogP contribution in [-0.2, 0) is 0 Å². The molecule has 0 fully saturated rings. The second kappa shape index (κ2) is 5.90. The Hall–Kier alpha value is -2.99. The van der Waals surface area contributed by atoms with Gasteiger partial charge in [-0.2, -0.15) is 0 Å². The number of aromatic amines is 1. The highest BCUT2D eigenvalue weighted by atomic mass is 35.5. The normalized spacial score (nSPS) is 10.8. The summed E-state index contributed by atoms with van der Waals surface area (Å²) in [6, 6.07) is 8.80. The zero-order valence-corrected chi connectivity index (χ0v) is 13.2. The predicted molar refractivity (Wildman–Crippen MR) is 89.5 cm³/mol. The molecule has 3 N–H and O–H groups in total. The van der Waals surface area contributed by atoms with Gasteiger partial charge < -0.3 is 19.9 Å². The smallest absolute Gasteiger partial charge is 0.335 e. The van der Waals surface area contributed by atoms with Gasteiger partial charge in [-0.05, 0) is 42.8 Å². The monoisotopic (exact) mass is 345 g/mol. The number of halogens is 1. The van der Waals surface area contributed by atoms with Crippen LogP contribution in [-0.4, -0.2) is 21.2 Å². The van der Waals surface area contributed by atoms with Crippen molar-refractivity contribution in [3.8, 4) is 17.2 Å². The van der Waals surface area contributed by atoms with Crippen LogP contribution in [0.3, 0.4) is 0 Å². The third-order valence-electron chi connectivity index (χ3n) is 3.52. The Bertz CT molecular complexity index is 1030. The average Bonchev–Trinajstić information content (AvgIpc) is 2.54. The molecular formula is C17H12ClNO5. The molecule has 3 rings (SSSR count). The molecule has 6 nitrogen and oxygen atoms in total. The molecule has 1 aromatic heterocycles. The van der Waals surface area contributed by atoms with Gasteiger partial charge in [-0.1, -0.05) is 17.7 Å². The Kier molecular flexibility index (Phi) is 3.91. The van der Waals surface area contributed by atoms with Crippen molar-refractivity contribution in [3.05, 3.63) is 62.9 Å². The first-order valence-electron chi connectivity index (χ1n) is 6.93. The van der Waals surface area contributed by atoms with E-state index in [9.17, 15) is 14.7 Å². The van der Waals surface area contributed by atoms with Crippen LogP contribution in [0.25, 0.3) is 10.9 Å². The number of pyridine rings is 1. The predicted octanol–water partition coefficient (Wildman–Crippen LogP) is 3.69. The molecule has 2 aromatic carbocycles. The molecule has 0 aliphatic rings. The molecule has 0 aliphatic heterocycles. The molecule has 3 aromatic rings. The highest BCUT2D eigenvalue weighted by molar-refractivity contribution is 6.32. The number of hydrogen-bond donors (Lipinski definition) is 3. The van der Waals surface area contributed by atoms with Crippen LogP contribution in [0.15, 0.2) is 41.2 Å². The molecule has 0 saturated heterocycles. The minimum atomic E-state index is -1.12. The van der Waals surface area contributed by atoms with Crippen molar-refractivity contribution in [1.82, 2.24) is 4.98 Å². The second-order valence-corrected chi connectivity index (χ2v) is 5.62. The number of nitrogens with one attached hydrogen (secondary N) is 1. The number of aromatic hydroxyl groups is 1. The van der Waals surface area contributed by atoms with Gasteiger partial charge in [0.15, 0.2) is 5.75 Å². The summed E-state index contributed by atoms with van der Waals surface area (Å²) in [5.41, 5.74) is 0.456. The van der Waals surface area contributed by atoms with E-state index in [0.717, 1.165) is 5.56 Å². The number of aryl methyl sites for hydroxylation is 1. The lowest BCUT2D eigenvalue weighted by Gasteiger charge is -2.10. The van der Waals surface area contributed by atoms with Crippen LogP contribution >= 0.6 is 11.6 Å². The topological polar surface area (TPSA) is 99.6 Å². The fraction of sp³-hybridized carbons (Fsp3) is 0.0588. The lowest BCUT2D eigenvalue weighted by atomic mass is 10.1. The maximum atomic E-state index is 12.2. The van der Waals surface area contributed by atoms with Gasteiger partial charge in [-0.25, -0.2) is 4.79 Å². The number of carboxylic acids is 1. The van der Waals surface area contributed by atoms with Gasteiger partial charge in [0.2, 0.25) is 5.75 Å². The molecule has 122 valence electrons. The number of fused-ring (bicyclic) bond motifs is 1. The molecule has 24 heavy (non-hydrogen) atoms. The average molecular weight is 346 g/mol. The van der Waals surface area contributed by atoms with Crippen LogP contribution in [0.5, 0.6) is 17.2 Å². The van der Waals surface area contributed by atoms with Crippen molar-refractivity contribution < 1.29 is 19.7 Å². The number of benzene rings is 2. The molecule has 0 saturated carbocycles. The first kappa shape index (κ1) is 15.9. The third kappa shape index (κ3) is 2.79. The van der Waals surface area contributed by atoms with Gasteiger partial charge >= 0.3 is 5.97 Å². The van der Waals surface area contributed by atoms with E-state index in [1.54, 1.807) is 19.1 Å². The molecule has 0 aliphatic carbocycles. The largest absolute Gasteiger partial charge is 0.504 e. The summed E-state index contributed by atoms with van der Waals surface area (Å²) in [7, 11) is 0. The Balaban J connectivity index is 2.13. The molecule has 0 amide bonds. The second-order valence-electron chi connectivity index (χ2n) is 5.21. The minimum absolute atomic E-state index is 0.00633. The van der Waals surface area contributed by atoms with Gasteiger partial charge in [0.05, 0.1) is 11.1 Å². The Morgan fingerprint density at radius 2 is 2.00 bits per heavy atom. The SMILES string of the molecule is Cc1cc2c(O)c(Oc3cccc(C(=O)O)c3)c(=O)[nH]c2cc1Cl. The Morgan fingerprint density at radius 3 is 2.71 bits per heavy atom. The Labute approximate surface area is 140 Å². The van der Waals surface area contributed by atoms with E-state index in [-0.39, 0.29) is 22.8 Å². The standard InChI is InChI=1S/C17H12ClNO5/c1-8-5-11-13(7-12(8)18)19-16(21)15(14(11)20)24-10-4-2-3-9(6-10)17(22)23/h2-7H,1H3,(H,22,23)(H2,19,20,21). The van der Waals surface area contributed by atoms with Crippen LogP contribution in [0.1, 0.15) is 15.9 Å². The summed E-state index contributed by atoms with van der Waals surface area (Å²) in [6.07, 6.45) is 0. The Morgan fingerprint density at radius 1 is 1.25 bits per heavy atom. The van der Waals surface area contributed by atoms with E-state index in [0.29, 0.717) is 15.9 Å². The molecule has 0 spiro atoms. The van der Waals surface area contributed by atoms with Gasteiger partial charge in [-0.3, -0.25) is 4.79 Å². The molecule has 7 heteroatoms. The van der Waals surface area contributed by atoms with Crippen molar-refractivity contribution in [2.45, 2.75) is 6.92 Å². The van der Waals surface area contributed by atoms with E-state index in [1.165, 1.54) is 24.3 Å². The molecule has 0 bridgehead atoms. The molecular weight excluding hydrogens is 334 g/mol. The lowest BCUT2D eigenvalue weighted by Crippen LogP contribution is -2.09. The van der Waals surface area contributed by atoms with Crippen molar-refractivity contribution in [1.29, 1.82) is 0 Å². The quantitative estimate of drug-likeness (QED) is 0.672. The highest BCUT2D eigenvalue weighted by Crippen LogP contribution is 2.35. The summed E-state index contributed by atoms with van der Waals surface area (Å²) in [4.78, 5) is 25.8. The van der Waals surface area contributed by atoms with Crippen molar-refractivity contribution >= 4 is 28.5 Å². The van der Waals surface area contributed by atoms with Crippen LogP contribution < -0.4 is 10.3 Å². The number of aromatic nitrogens is 1. The number of hydrogen-bond acceptors (Lipinski definition) is 4. The maximum absolute atomic E-state index is 12.2. The molecule has 1 heterocycles. The summed E-state index contributed by atoms with van der Waals surface area (Å²) >= 11 is 6.02. The van der Waals surface area contributed by atoms with E-state index in [4.69, 9.17) is 21.4 Å². The maximum Gasteiger partial charge on any atom is 0.335 e. The van der Waals surface area contributed by atoms with Crippen LogP contribution in [0, 0.1) is 6.92 Å². The third-order valence-corrected chi connectivity index (χ3v) is 3.93. The number of aromatic carboxylic acids is 1. The zero-order valence-electron chi connectivity index (χ0n) is 12.5. The molecule has 0 radical (unpaired) electrons. The highest BCUT2D eigenvalue weighted by Gasteiger charge is 2.16. The van der Waals surface area contributed by atoms with Gasteiger partial charge in [0.1, 0.15) is 5.75 Å². The van der Waals surface area contributed by atoms with Crippen molar-refractivity contribution in [2.75, 3.05) is 0 Å². The fourth-order valence-corrected chi connectivity index (χ4v) is 2.46. The zero-order chi connectivity index (χ0) is 17.4. The summed E-state index contributed by atoms with van der Waals surface area (Å²) in [6.45, 7) is 1.77. The van der Waals surface area contributed by atoms with E-state index < -0.39 is 11.5 Å². The lowest BCUT2D eigenvalue weighted by molar-refractivity contribution is 0.0696. The summed E-state index contributed by atoms with van der Waals surface area (Å²) in [5.74, 6) is -1.65. The number of ether oxygens (including phenoxy) is 1.